The molecule has 0 aromatic carbocycles. The molecule has 0 aliphatic heterocycles. The number of methoxy groups -OCH3 is 1. The maximum absolute atomic E-state index is 6.02. The van der Waals surface area contributed by atoms with Gasteiger partial charge in [0.15, 0.2) is 5.65 Å². The van der Waals surface area contributed by atoms with Crippen molar-refractivity contribution < 1.29 is 4.74 Å². The summed E-state index contributed by atoms with van der Waals surface area (Å²) in [6, 6.07) is 4.07. The fourth-order valence-corrected chi connectivity index (χ4v) is 2.65. The highest BCUT2D eigenvalue weighted by molar-refractivity contribution is 6.16. The average molecular weight is 282 g/mol. The van der Waals surface area contributed by atoms with Crippen LogP contribution in [0.5, 0.6) is 5.88 Å². The molecule has 0 bridgehead atoms. The highest BCUT2D eigenvalue weighted by Gasteiger charge is 2.17. The van der Waals surface area contributed by atoms with Gasteiger partial charge in [0.2, 0.25) is 5.88 Å². The minimum atomic E-state index is 0.318. The third-order valence-electron chi connectivity index (χ3n) is 3.17. The summed E-state index contributed by atoms with van der Waals surface area (Å²) in [7, 11) is 1.62. The number of ether oxygens (including phenoxy) is 1. The largest absolute Gasteiger partial charge is 0.481 e. The molecule has 0 fully saturated rings. The van der Waals surface area contributed by atoms with Crippen molar-refractivity contribution in [3.63, 3.8) is 0 Å². The molecule has 5 heteroatoms. The van der Waals surface area contributed by atoms with Crippen LogP contribution in [0.1, 0.15) is 39.1 Å². The summed E-state index contributed by atoms with van der Waals surface area (Å²) >= 11 is 6.02. The third-order valence-corrected chi connectivity index (χ3v) is 3.41. The standard InChI is InChI=1S/C14H20ClN3O/c1-9(2)7-10(3)18-12(8-15)16-11-5-6-13(19-4)17-14(11)18/h5-6,9-10H,7-8H2,1-4H3. The SMILES string of the molecule is COc1ccc2nc(CCl)n(C(C)CC(C)C)c2n1. The third kappa shape index (κ3) is 2.84. The summed E-state index contributed by atoms with van der Waals surface area (Å²) in [6.45, 7) is 6.60. The van der Waals surface area contributed by atoms with Crippen LogP contribution in [0.3, 0.4) is 0 Å². The molecule has 0 amide bonds. The summed E-state index contributed by atoms with van der Waals surface area (Å²) in [6.07, 6.45) is 1.06. The predicted octanol–water partition coefficient (Wildman–Crippen LogP) is 3.79. The fraction of sp³-hybridized carbons (Fsp3) is 0.571. The number of aromatic nitrogens is 3. The summed E-state index contributed by atoms with van der Waals surface area (Å²) in [5.74, 6) is 2.47. The molecule has 0 radical (unpaired) electrons. The molecule has 4 nitrogen and oxygen atoms in total. The number of fused-ring (bicyclic) bond motifs is 1. The molecule has 0 aliphatic carbocycles. The van der Waals surface area contributed by atoms with Gasteiger partial charge in [0.25, 0.3) is 0 Å². The Bertz CT molecular complexity index is 565. The van der Waals surface area contributed by atoms with Crippen LogP contribution in [-0.2, 0) is 5.88 Å². The number of halogens is 1. The van der Waals surface area contributed by atoms with Crippen LogP contribution >= 0.6 is 11.6 Å². The van der Waals surface area contributed by atoms with Gasteiger partial charge in [-0.15, -0.1) is 11.6 Å². The highest BCUT2D eigenvalue weighted by Crippen LogP contribution is 2.26. The van der Waals surface area contributed by atoms with Crippen molar-refractivity contribution in [1.29, 1.82) is 0 Å². The lowest BCUT2D eigenvalue weighted by Crippen LogP contribution is -2.11. The van der Waals surface area contributed by atoms with Crippen LogP contribution in [-0.4, -0.2) is 21.6 Å². The van der Waals surface area contributed by atoms with E-state index in [1.165, 1.54) is 0 Å². The Morgan fingerprint density at radius 3 is 2.58 bits per heavy atom. The number of hydrogen-bond acceptors (Lipinski definition) is 3. The van der Waals surface area contributed by atoms with Gasteiger partial charge in [-0.1, -0.05) is 13.8 Å². The Balaban J connectivity index is 2.54. The molecular formula is C14H20ClN3O. The molecular weight excluding hydrogens is 262 g/mol. The maximum atomic E-state index is 6.02. The van der Waals surface area contributed by atoms with Gasteiger partial charge in [-0.05, 0) is 25.3 Å². The second-order valence-corrected chi connectivity index (χ2v) is 5.47. The zero-order chi connectivity index (χ0) is 14.0. The summed E-state index contributed by atoms with van der Waals surface area (Å²) < 4.78 is 7.33. The van der Waals surface area contributed by atoms with E-state index in [0.717, 1.165) is 23.4 Å². The van der Waals surface area contributed by atoms with E-state index in [0.29, 0.717) is 23.7 Å². The van der Waals surface area contributed by atoms with Crippen LogP contribution in [0.4, 0.5) is 0 Å². The number of alkyl halides is 1. The summed E-state index contributed by atoms with van der Waals surface area (Å²) in [5.41, 5.74) is 1.72. The van der Waals surface area contributed by atoms with Crippen LogP contribution in [0.25, 0.3) is 11.2 Å². The second-order valence-electron chi connectivity index (χ2n) is 5.21. The van der Waals surface area contributed by atoms with E-state index in [1.807, 2.05) is 12.1 Å². The van der Waals surface area contributed by atoms with Gasteiger partial charge in [-0.3, -0.25) is 0 Å². The van der Waals surface area contributed by atoms with E-state index in [4.69, 9.17) is 16.3 Å². The first kappa shape index (κ1) is 14.1. The molecule has 19 heavy (non-hydrogen) atoms. The van der Waals surface area contributed by atoms with Gasteiger partial charge < -0.3 is 9.30 Å². The Morgan fingerprint density at radius 1 is 1.26 bits per heavy atom. The molecule has 2 rings (SSSR count). The minimum absolute atomic E-state index is 0.318. The van der Waals surface area contributed by atoms with E-state index >= 15 is 0 Å². The van der Waals surface area contributed by atoms with Crippen molar-refractivity contribution in [2.24, 2.45) is 5.92 Å². The van der Waals surface area contributed by atoms with E-state index in [9.17, 15) is 0 Å². The Morgan fingerprint density at radius 2 is 2.00 bits per heavy atom. The Labute approximate surface area is 118 Å². The molecule has 0 aliphatic rings. The molecule has 0 saturated carbocycles. The minimum Gasteiger partial charge on any atom is -0.481 e. The first-order valence-electron chi connectivity index (χ1n) is 6.54. The topological polar surface area (TPSA) is 39.9 Å². The molecule has 1 atom stereocenters. The Kier molecular flexibility index (Phi) is 4.30. The number of rotatable bonds is 5. The zero-order valence-electron chi connectivity index (χ0n) is 11.9. The van der Waals surface area contributed by atoms with E-state index in [-0.39, 0.29) is 0 Å². The van der Waals surface area contributed by atoms with E-state index in [1.54, 1.807) is 7.11 Å². The normalized spacial score (nSPS) is 13.2. The smallest absolute Gasteiger partial charge is 0.215 e. The molecule has 0 saturated heterocycles. The molecule has 2 heterocycles. The van der Waals surface area contributed by atoms with Crippen LogP contribution in [0, 0.1) is 5.92 Å². The van der Waals surface area contributed by atoms with E-state index < -0.39 is 0 Å². The van der Waals surface area contributed by atoms with Gasteiger partial charge in [0.05, 0.1) is 13.0 Å². The molecule has 1 unspecified atom stereocenters. The second kappa shape index (κ2) is 5.78. The number of imidazole rings is 1. The molecule has 0 N–H and O–H groups in total. The maximum Gasteiger partial charge on any atom is 0.215 e. The van der Waals surface area contributed by atoms with Gasteiger partial charge in [-0.25, -0.2) is 4.98 Å². The molecule has 0 spiro atoms. The van der Waals surface area contributed by atoms with Crippen molar-refractivity contribution in [3.05, 3.63) is 18.0 Å². The number of nitrogens with zero attached hydrogens (tertiary/aromatic N) is 3. The lowest BCUT2D eigenvalue weighted by atomic mass is 10.1. The van der Waals surface area contributed by atoms with Crippen LogP contribution in [0.15, 0.2) is 12.1 Å². The van der Waals surface area contributed by atoms with Gasteiger partial charge in [0, 0.05) is 12.1 Å². The van der Waals surface area contributed by atoms with Gasteiger partial charge in [-0.2, -0.15) is 4.98 Å². The van der Waals surface area contributed by atoms with Gasteiger partial charge >= 0.3 is 0 Å². The quantitative estimate of drug-likeness (QED) is 0.783. The highest BCUT2D eigenvalue weighted by atomic mass is 35.5. The van der Waals surface area contributed by atoms with Crippen molar-refractivity contribution in [2.45, 2.75) is 39.1 Å². The lowest BCUT2D eigenvalue weighted by Gasteiger charge is -2.18. The van der Waals surface area contributed by atoms with Crippen molar-refractivity contribution in [2.75, 3.05) is 7.11 Å². The van der Waals surface area contributed by atoms with Crippen molar-refractivity contribution >= 4 is 22.8 Å². The molecule has 2 aromatic rings. The van der Waals surface area contributed by atoms with Crippen molar-refractivity contribution in [1.82, 2.24) is 14.5 Å². The number of hydrogen-bond donors (Lipinski definition) is 0. The molecule has 2 aromatic heterocycles. The molecule has 104 valence electrons. The zero-order valence-corrected chi connectivity index (χ0v) is 12.6. The van der Waals surface area contributed by atoms with Gasteiger partial charge in [0.1, 0.15) is 11.3 Å². The first-order valence-corrected chi connectivity index (χ1v) is 7.08. The lowest BCUT2D eigenvalue weighted by molar-refractivity contribution is 0.396. The van der Waals surface area contributed by atoms with Crippen LogP contribution < -0.4 is 4.74 Å². The van der Waals surface area contributed by atoms with E-state index in [2.05, 4.69) is 35.3 Å². The van der Waals surface area contributed by atoms with Crippen molar-refractivity contribution in [3.8, 4) is 5.88 Å². The number of pyridine rings is 1. The Hall–Kier alpha value is -1.29. The summed E-state index contributed by atoms with van der Waals surface area (Å²) in [5, 5.41) is 0. The van der Waals surface area contributed by atoms with Crippen LogP contribution in [0.2, 0.25) is 0 Å². The summed E-state index contributed by atoms with van der Waals surface area (Å²) in [4.78, 5) is 9.06. The first-order chi connectivity index (χ1) is 9.06. The fourth-order valence-electron chi connectivity index (χ4n) is 2.46. The average Bonchev–Trinajstić information content (AvgIpc) is 2.74. The predicted molar refractivity (Wildman–Crippen MR) is 77.8 cm³/mol. The monoisotopic (exact) mass is 281 g/mol.